The summed E-state index contributed by atoms with van der Waals surface area (Å²) in [6.07, 6.45) is 1.52. The fourth-order valence-corrected chi connectivity index (χ4v) is 2.27. The van der Waals surface area contributed by atoms with E-state index in [0.717, 1.165) is 37.5 Å². The molecule has 24 heavy (non-hydrogen) atoms. The Morgan fingerprint density at radius 3 is 2.33 bits per heavy atom. The van der Waals surface area contributed by atoms with E-state index in [9.17, 15) is 5.11 Å². The minimum absolute atomic E-state index is 0.273. The van der Waals surface area contributed by atoms with Gasteiger partial charge in [0.25, 0.3) is 0 Å². The van der Waals surface area contributed by atoms with E-state index >= 15 is 0 Å². The van der Waals surface area contributed by atoms with Crippen molar-refractivity contribution in [1.82, 2.24) is 10.2 Å². The van der Waals surface area contributed by atoms with Crippen LogP contribution in [0.2, 0.25) is 0 Å². The van der Waals surface area contributed by atoms with E-state index in [1.807, 2.05) is 14.0 Å². The second kappa shape index (κ2) is 10.8. The molecule has 0 bridgehead atoms. The van der Waals surface area contributed by atoms with Gasteiger partial charge in [-0.2, -0.15) is 0 Å². The summed E-state index contributed by atoms with van der Waals surface area (Å²) in [6, 6.07) is 5.38. The number of nitrogens with zero attached hydrogens (tertiary/aromatic N) is 2. The molecule has 0 aromatic heterocycles. The standard InChI is InChI=1S/C18H31N3O3/c1-6-8-9-21(3)18(19-7-2)20-13-17(22)14-10-15(23-4)12-16(11-14)24-5/h10-12,17,22H,6-9,13H2,1-5H3,(H,19,20). The van der Waals surface area contributed by atoms with Gasteiger partial charge in [0.2, 0.25) is 0 Å². The van der Waals surface area contributed by atoms with Gasteiger partial charge in [-0.3, -0.25) is 4.99 Å². The second-order valence-electron chi connectivity index (χ2n) is 5.63. The minimum Gasteiger partial charge on any atom is -0.497 e. The van der Waals surface area contributed by atoms with Crippen LogP contribution in [-0.2, 0) is 0 Å². The van der Waals surface area contributed by atoms with E-state index in [-0.39, 0.29) is 6.54 Å². The smallest absolute Gasteiger partial charge is 0.193 e. The third-order valence-corrected chi connectivity index (χ3v) is 3.72. The lowest BCUT2D eigenvalue weighted by atomic mass is 10.1. The molecule has 1 unspecified atom stereocenters. The highest BCUT2D eigenvalue weighted by Crippen LogP contribution is 2.26. The van der Waals surface area contributed by atoms with Gasteiger partial charge in [0, 0.05) is 26.2 Å². The fourth-order valence-electron chi connectivity index (χ4n) is 2.27. The molecular weight excluding hydrogens is 306 g/mol. The van der Waals surface area contributed by atoms with Crippen molar-refractivity contribution in [3.05, 3.63) is 23.8 Å². The molecule has 0 aliphatic carbocycles. The number of ether oxygens (including phenoxy) is 2. The van der Waals surface area contributed by atoms with Crippen molar-refractivity contribution < 1.29 is 14.6 Å². The van der Waals surface area contributed by atoms with E-state index < -0.39 is 6.10 Å². The Labute approximate surface area is 145 Å². The molecule has 0 aliphatic heterocycles. The van der Waals surface area contributed by atoms with Crippen molar-refractivity contribution in [3.8, 4) is 11.5 Å². The molecule has 0 saturated heterocycles. The molecule has 0 saturated carbocycles. The molecule has 0 amide bonds. The molecule has 6 nitrogen and oxygen atoms in total. The number of nitrogens with one attached hydrogen (secondary N) is 1. The van der Waals surface area contributed by atoms with Crippen LogP contribution in [0.5, 0.6) is 11.5 Å². The number of aliphatic hydroxyl groups excluding tert-OH is 1. The first-order chi connectivity index (χ1) is 11.5. The Hall–Kier alpha value is -1.95. The quantitative estimate of drug-likeness (QED) is 0.535. The zero-order valence-electron chi connectivity index (χ0n) is 15.5. The van der Waals surface area contributed by atoms with Gasteiger partial charge in [-0.25, -0.2) is 0 Å². The summed E-state index contributed by atoms with van der Waals surface area (Å²) in [5, 5.41) is 13.7. The first-order valence-corrected chi connectivity index (χ1v) is 8.46. The van der Waals surface area contributed by atoms with E-state index in [1.165, 1.54) is 0 Å². The number of aliphatic hydroxyl groups is 1. The Morgan fingerprint density at radius 2 is 1.83 bits per heavy atom. The van der Waals surface area contributed by atoms with Crippen molar-refractivity contribution in [1.29, 1.82) is 0 Å². The number of benzene rings is 1. The predicted molar refractivity (Wildman–Crippen MR) is 98.0 cm³/mol. The highest BCUT2D eigenvalue weighted by molar-refractivity contribution is 5.79. The number of unbranched alkanes of at least 4 members (excludes halogenated alkanes) is 1. The summed E-state index contributed by atoms with van der Waals surface area (Å²) in [4.78, 5) is 6.64. The Balaban J connectivity index is 2.84. The molecule has 1 atom stereocenters. The maximum absolute atomic E-state index is 10.5. The topological polar surface area (TPSA) is 66.3 Å². The Morgan fingerprint density at radius 1 is 1.21 bits per heavy atom. The van der Waals surface area contributed by atoms with Crippen LogP contribution >= 0.6 is 0 Å². The fraction of sp³-hybridized carbons (Fsp3) is 0.611. The van der Waals surface area contributed by atoms with Gasteiger partial charge in [0.1, 0.15) is 11.5 Å². The Kier molecular flexibility index (Phi) is 9.01. The lowest BCUT2D eigenvalue weighted by molar-refractivity contribution is 0.185. The summed E-state index contributed by atoms with van der Waals surface area (Å²) in [7, 11) is 5.20. The van der Waals surface area contributed by atoms with E-state index in [1.54, 1.807) is 32.4 Å². The maximum atomic E-state index is 10.5. The van der Waals surface area contributed by atoms with Crippen molar-refractivity contribution in [2.24, 2.45) is 4.99 Å². The molecule has 1 aromatic carbocycles. The van der Waals surface area contributed by atoms with Gasteiger partial charge >= 0.3 is 0 Å². The number of rotatable bonds is 9. The van der Waals surface area contributed by atoms with Crippen LogP contribution in [-0.4, -0.2) is 56.9 Å². The summed E-state index contributed by atoms with van der Waals surface area (Å²) in [6.45, 7) is 6.20. The van der Waals surface area contributed by atoms with Crippen molar-refractivity contribution in [2.45, 2.75) is 32.8 Å². The van der Waals surface area contributed by atoms with Crippen LogP contribution < -0.4 is 14.8 Å². The predicted octanol–water partition coefficient (Wildman–Crippen LogP) is 2.43. The van der Waals surface area contributed by atoms with Crippen LogP contribution in [0.4, 0.5) is 0 Å². The van der Waals surface area contributed by atoms with Crippen LogP contribution in [0.25, 0.3) is 0 Å². The molecule has 0 aliphatic rings. The monoisotopic (exact) mass is 337 g/mol. The number of guanidine groups is 1. The molecule has 6 heteroatoms. The lowest BCUT2D eigenvalue weighted by Gasteiger charge is -2.22. The Bertz CT molecular complexity index is 498. The van der Waals surface area contributed by atoms with Gasteiger partial charge in [-0.1, -0.05) is 13.3 Å². The molecule has 136 valence electrons. The van der Waals surface area contributed by atoms with Gasteiger partial charge < -0.3 is 24.8 Å². The number of hydrogen-bond donors (Lipinski definition) is 2. The third kappa shape index (κ3) is 6.28. The first-order valence-electron chi connectivity index (χ1n) is 8.46. The second-order valence-corrected chi connectivity index (χ2v) is 5.63. The largest absolute Gasteiger partial charge is 0.497 e. The average Bonchev–Trinajstić information content (AvgIpc) is 2.62. The van der Waals surface area contributed by atoms with Crippen LogP contribution in [0.15, 0.2) is 23.2 Å². The van der Waals surface area contributed by atoms with Gasteiger partial charge in [-0.15, -0.1) is 0 Å². The molecule has 0 radical (unpaired) electrons. The summed E-state index contributed by atoms with van der Waals surface area (Å²) >= 11 is 0. The van der Waals surface area contributed by atoms with Crippen LogP contribution in [0, 0.1) is 0 Å². The zero-order chi connectivity index (χ0) is 17.9. The van der Waals surface area contributed by atoms with E-state index in [4.69, 9.17) is 9.47 Å². The SMILES string of the molecule is CCCCN(C)C(=NCC(O)c1cc(OC)cc(OC)c1)NCC. The molecule has 0 fully saturated rings. The normalized spacial score (nSPS) is 12.7. The molecule has 2 N–H and O–H groups in total. The lowest BCUT2D eigenvalue weighted by Crippen LogP contribution is -2.39. The molecule has 1 aromatic rings. The van der Waals surface area contributed by atoms with Crippen LogP contribution in [0.3, 0.4) is 0 Å². The maximum Gasteiger partial charge on any atom is 0.193 e. The third-order valence-electron chi connectivity index (χ3n) is 3.72. The van der Waals surface area contributed by atoms with Crippen molar-refractivity contribution >= 4 is 5.96 Å². The molecule has 0 spiro atoms. The van der Waals surface area contributed by atoms with Crippen LogP contribution in [0.1, 0.15) is 38.4 Å². The minimum atomic E-state index is -0.720. The van der Waals surface area contributed by atoms with E-state index in [2.05, 4.69) is 22.1 Å². The molecule has 0 heterocycles. The highest BCUT2D eigenvalue weighted by Gasteiger charge is 2.12. The zero-order valence-corrected chi connectivity index (χ0v) is 15.5. The number of methoxy groups -OCH3 is 2. The number of hydrogen-bond acceptors (Lipinski definition) is 4. The summed E-state index contributed by atoms with van der Waals surface area (Å²) in [5.74, 6) is 2.11. The molecular formula is C18H31N3O3. The number of aliphatic imine (C=N–C) groups is 1. The van der Waals surface area contributed by atoms with Crippen molar-refractivity contribution in [3.63, 3.8) is 0 Å². The average molecular weight is 337 g/mol. The first kappa shape index (κ1) is 20.1. The summed E-state index contributed by atoms with van der Waals surface area (Å²) < 4.78 is 10.5. The summed E-state index contributed by atoms with van der Waals surface area (Å²) in [5.41, 5.74) is 0.724. The van der Waals surface area contributed by atoms with Crippen molar-refractivity contribution in [2.75, 3.05) is 40.9 Å². The van der Waals surface area contributed by atoms with Gasteiger partial charge in [0.05, 0.1) is 26.9 Å². The highest BCUT2D eigenvalue weighted by atomic mass is 16.5. The van der Waals surface area contributed by atoms with Gasteiger partial charge in [0.15, 0.2) is 5.96 Å². The molecule has 1 rings (SSSR count). The van der Waals surface area contributed by atoms with Gasteiger partial charge in [-0.05, 0) is 31.0 Å². The van der Waals surface area contributed by atoms with E-state index in [0.29, 0.717) is 11.5 Å².